The molecule has 0 fully saturated rings. The minimum Gasteiger partial charge on any atom is -0.453 e. The highest BCUT2D eigenvalue weighted by Crippen LogP contribution is 2.08. The number of carbonyl (C=O) groups excluding carboxylic acids is 1. The fraction of sp³-hybridized carbons (Fsp3) is 0.545. The summed E-state index contributed by atoms with van der Waals surface area (Å²) in [5.41, 5.74) is 1.99. The maximum Gasteiger partial charge on any atom is 0.300 e. The lowest BCUT2D eigenvalue weighted by molar-refractivity contribution is 0.0102. The molecule has 6 heteroatoms. The van der Waals surface area contributed by atoms with Gasteiger partial charge in [0.15, 0.2) is 5.76 Å². The zero-order valence-electron chi connectivity index (χ0n) is 10.1. The Morgan fingerprint density at radius 2 is 2.24 bits per heavy atom. The third-order valence-corrected chi connectivity index (χ3v) is 1.94. The molecular weight excluding hydrogens is 224 g/mol. The number of furan rings is 1. The van der Waals surface area contributed by atoms with Crippen molar-refractivity contribution in [1.29, 1.82) is 0 Å². The Bertz CT molecular complexity index is 349. The Kier molecular flexibility index (Phi) is 5.68. The summed E-state index contributed by atoms with van der Waals surface area (Å²) in [5, 5.41) is 0. The molecular formula is C11H18N2O4. The number of nitrogens with two attached hydrogens (primary N) is 1. The van der Waals surface area contributed by atoms with Crippen molar-refractivity contribution in [3.8, 4) is 0 Å². The molecule has 3 N–H and O–H groups in total. The van der Waals surface area contributed by atoms with Gasteiger partial charge in [-0.2, -0.15) is 0 Å². The number of hydrazine groups is 1. The third-order valence-electron chi connectivity index (χ3n) is 1.94. The summed E-state index contributed by atoms with van der Waals surface area (Å²) in [5.74, 6) is 5.26. The fourth-order valence-corrected chi connectivity index (χ4v) is 1.16. The molecule has 1 rings (SSSR count). The van der Waals surface area contributed by atoms with Gasteiger partial charge in [-0.15, -0.1) is 0 Å². The van der Waals surface area contributed by atoms with Crippen molar-refractivity contribution in [3.05, 3.63) is 23.7 Å². The minimum absolute atomic E-state index is 0.171. The largest absolute Gasteiger partial charge is 0.453 e. The Hall–Kier alpha value is -1.37. The average molecular weight is 242 g/mol. The molecule has 6 nitrogen and oxygen atoms in total. The maximum absolute atomic E-state index is 11.1. The third kappa shape index (κ3) is 4.99. The van der Waals surface area contributed by atoms with Crippen molar-refractivity contribution in [2.75, 3.05) is 13.2 Å². The number of hydrogen-bond acceptors (Lipinski definition) is 5. The lowest BCUT2D eigenvalue weighted by Crippen LogP contribution is -2.29. The highest BCUT2D eigenvalue weighted by molar-refractivity contribution is 5.90. The van der Waals surface area contributed by atoms with Crippen LogP contribution in [0.1, 0.15) is 30.2 Å². The van der Waals surface area contributed by atoms with Crippen LogP contribution in [0.4, 0.5) is 0 Å². The zero-order chi connectivity index (χ0) is 12.7. The average Bonchev–Trinajstić information content (AvgIpc) is 2.76. The SMILES string of the molecule is CC(C)OCCOCc1ccc(C(=O)NN)o1. The molecule has 0 saturated carbocycles. The molecule has 96 valence electrons. The second-order valence-corrected chi connectivity index (χ2v) is 3.71. The molecule has 17 heavy (non-hydrogen) atoms. The molecule has 0 aliphatic carbocycles. The van der Waals surface area contributed by atoms with Crippen LogP contribution in [0.3, 0.4) is 0 Å². The predicted molar refractivity (Wildman–Crippen MR) is 61.1 cm³/mol. The monoisotopic (exact) mass is 242 g/mol. The molecule has 1 aromatic heterocycles. The second-order valence-electron chi connectivity index (χ2n) is 3.71. The minimum atomic E-state index is -0.459. The van der Waals surface area contributed by atoms with Gasteiger partial charge in [-0.1, -0.05) is 0 Å². The van der Waals surface area contributed by atoms with E-state index in [9.17, 15) is 4.79 Å². The van der Waals surface area contributed by atoms with E-state index >= 15 is 0 Å². The molecule has 0 aliphatic rings. The number of nitrogens with one attached hydrogen (secondary N) is 1. The standard InChI is InChI=1S/C11H18N2O4/c1-8(2)16-6-5-15-7-9-3-4-10(17-9)11(14)13-12/h3-4,8H,5-7,12H2,1-2H3,(H,13,14). The van der Waals surface area contributed by atoms with Crippen molar-refractivity contribution >= 4 is 5.91 Å². The molecule has 1 aromatic rings. The number of ether oxygens (including phenoxy) is 2. The number of carbonyl (C=O) groups is 1. The van der Waals surface area contributed by atoms with E-state index in [-0.39, 0.29) is 11.9 Å². The normalized spacial score (nSPS) is 10.8. The molecule has 1 heterocycles. The predicted octanol–water partition coefficient (Wildman–Crippen LogP) is 0.825. The topological polar surface area (TPSA) is 86.7 Å². The van der Waals surface area contributed by atoms with E-state index < -0.39 is 5.91 Å². The van der Waals surface area contributed by atoms with Crippen molar-refractivity contribution in [2.24, 2.45) is 5.84 Å². The lowest BCUT2D eigenvalue weighted by atomic mass is 10.4. The summed E-state index contributed by atoms with van der Waals surface area (Å²) >= 11 is 0. The van der Waals surface area contributed by atoms with Crippen LogP contribution in [0.5, 0.6) is 0 Å². The van der Waals surface area contributed by atoms with E-state index in [1.807, 2.05) is 19.3 Å². The number of hydrogen-bond donors (Lipinski definition) is 2. The summed E-state index contributed by atoms with van der Waals surface area (Å²) in [7, 11) is 0. The van der Waals surface area contributed by atoms with E-state index in [0.717, 1.165) is 0 Å². The van der Waals surface area contributed by atoms with Crippen LogP contribution in [0, 0.1) is 0 Å². The Labute approximate surface area is 100 Å². The van der Waals surface area contributed by atoms with E-state index in [4.69, 9.17) is 19.7 Å². The van der Waals surface area contributed by atoms with Crippen molar-refractivity contribution in [3.63, 3.8) is 0 Å². The van der Waals surface area contributed by atoms with E-state index in [1.165, 1.54) is 0 Å². The van der Waals surface area contributed by atoms with Gasteiger partial charge in [-0.25, -0.2) is 5.84 Å². The summed E-state index contributed by atoms with van der Waals surface area (Å²) in [6.07, 6.45) is 0.196. The highest BCUT2D eigenvalue weighted by atomic mass is 16.5. The van der Waals surface area contributed by atoms with Gasteiger partial charge in [0.25, 0.3) is 0 Å². The van der Waals surface area contributed by atoms with Gasteiger partial charge in [0.1, 0.15) is 12.4 Å². The van der Waals surface area contributed by atoms with Gasteiger partial charge in [0.05, 0.1) is 19.3 Å². The van der Waals surface area contributed by atoms with Gasteiger partial charge in [-0.3, -0.25) is 10.2 Å². The first-order valence-corrected chi connectivity index (χ1v) is 5.42. The molecule has 1 amide bonds. The Balaban J connectivity index is 2.23. The van der Waals surface area contributed by atoms with Crippen LogP contribution < -0.4 is 11.3 Å². The number of amides is 1. The van der Waals surface area contributed by atoms with Crippen LogP contribution in [0.25, 0.3) is 0 Å². The first kappa shape index (κ1) is 13.7. The molecule has 0 unspecified atom stereocenters. The molecule has 0 saturated heterocycles. The highest BCUT2D eigenvalue weighted by Gasteiger charge is 2.09. The van der Waals surface area contributed by atoms with E-state index in [1.54, 1.807) is 12.1 Å². The van der Waals surface area contributed by atoms with Crippen LogP contribution in [-0.2, 0) is 16.1 Å². The second kappa shape index (κ2) is 7.05. The van der Waals surface area contributed by atoms with Crippen molar-refractivity contribution in [2.45, 2.75) is 26.6 Å². The van der Waals surface area contributed by atoms with Gasteiger partial charge >= 0.3 is 5.91 Å². The van der Waals surface area contributed by atoms with Gasteiger partial charge in [-0.05, 0) is 26.0 Å². The van der Waals surface area contributed by atoms with Crippen LogP contribution in [-0.4, -0.2) is 25.2 Å². The summed E-state index contributed by atoms with van der Waals surface area (Å²) in [6, 6.07) is 3.22. The van der Waals surface area contributed by atoms with Crippen molar-refractivity contribution < 1.29 is 18.7 Å². The Morgan fingerprint density at radius 1 is 1.47 bits per heavy atom. The molecule has 0 spiro atoms. The molecule has 0 aromatic carbocycles. The molecule has 0 aliphatic heterocycles. The fourth-order valence-electron chi connectivity index (χ4n) is 1.16. The van der Waals surface area contributed by atoms with Crippen LogP contribution >= 0.6 is 0 Å². The van der Waals surface area contributed by atoms with Crippen molar-refractivity contribution in [1.82, 2.24) is 5.43 Å². The summed E-state index contributed by atoms with van der Waals surface area (Å²) in [6.45, 7) is 5.25. The zero-order valence-corrected chi connectivity index (χ0v) is 10.1. The van der Waals surface area contributed by atoms with Gasteiger partial charge in [0, 0.05) is 0 Å². The quantitative estimate of drug-likeness (QED) is 0.320. The summed E-state index contributed by atoms with van der Waals surface area (Å²) in [4.78, 5) is 11.1. The molecule has 0 radical (unpaired) electrons. The lowest BCUT2D eigenvalue weighted by Gasteiger charge is -2.07. The molecule has 0 atom stereocenters. The van der Waals surface area contributed by atoms with E-state index in [2.05, 4.69) is 0 Å². The van der Waals surface area contributed by atoms with Crippen LogP contribution in [0.15, 0.2) is 16.5 Å². The van der Waals surface area contributed by atoms with Crippen LogP contribution in [0.2, 0.25) is 0 Å². The number of rotatable bonds is 7. The van der Waals surface area contributed by atoms with Gasteiger partial charge in [0.2, 0.25) is 0 Å². The first-order valence-electron chi connectivity index (χ1n) is 5.42. The Morgan fingerprint density at radius 3 is 2.88 bits per heavy atom. The van der Waals surface area contributed by atoms with E-state index in [0.29, 0.717) is 25.6 Å². The smallest absolute Gasteiger partial charge is 0.300 e. The number of nitrogen functional groups attached to an aromatic ring is 1. The summed E-state index contributed by atoms with van der Waals surface area (Å²) < 4.78 is 15.8. The van der Waals surface area contributed by atoms with Gasteiger partial charge < -0.3 is 13.9 Å². The first-order chi connectivity index (χ1) is 8.13. The molecule has 0 bridgehead atoms. The maximum atomic E-state index is 11.1.